The average molecular weight is 422 g/mol. The molecule has 30 heavy (non-hydrogen) atoms. The largest absolute Gasteiger partial charge is 0.493 e. The minimum atomic E-state index is 0.109. The third-order valence-corrected chi connectivity index (χ3v) is 6.19. The van der Waals surface area contributed by atoms with Gasteiger partial charge in [-0.25, -0.2) is 0 Å². The summed E-state index contributed by atoms with van der Waals surface area (Å²) in [6.07, 6.45) is 2.03. The van der Waals surface area contributed by atoms with E-state index in [0.717, 1.165) is 42.5 Å². The van der Waals surface area contributed by atoms with Gasteiger partial charge in [0.1, 0.15) is 0 Å². The maximum Gasteiger partial charge on any atom is 0.161 e. The molecule has 0 spiro atoms. The van der Waals surface area contributed by atoms with Gasteiger partial charge >= 0.3 is 0 Å². The summed E-state index contributed by atoms with van der Waals surface area (Å²) in [7, 11) is 3.38. The van der Waals surface area contributed by atoms with E-state index in [1.807, 2.05) is 12.1 Å². The molecule has 1 atom stereocenters. The summed E-state index contributed by atoms with van der Waals surface area (Å²) in [5.41, 5.74) is 6.44. The maximum atomic E-state index is 6.38. The first-order valence-electron chi connectivity index (χ1n) is 10.4. The van der Waals surface area contributed by atoms with E-state index in [-0.39, 0.29) is 6.04 Å². The van der Waals surface area contributed by atoms with Crippen LogP contribution in [0.15, 0.2) is 60.7 Å². The fourth-order valence-electron chi connectivity index (χ4n) is 4.35. The molecular weight excluding hydrogens is 394 g/mol. The van der Waals surface area contributed by atoms with Gasteiger partial charge in [0.2, 0.25) is 0 Å². The van der Waals surface area contributed by atoms with Gasteiger partial charge in [0, 0.05) is 18.1 Å². The van der Waals surface area contributed by atoms with Crippen molar-refractivity contribution in [3.8, 4) is 11.5 Å². The first-order chi connectivity index (χ1) is 14.6. The van der Waals surface area contributed by atoms with Crippen molar-refractivity contribution >= 4 is 11.6 Å². The molecule has 4 heteroatoms. The van der Waals surface area contributed by atoms with Crippen molar-refractivity contribution < 1.29 is 9.47 Å². The zero-order valence-corrected chi connectivity index (χ0v) is 18.6. The van der Waals surface area contributed by atoms with Crippen molar-refractivity contribution in [2.75, 3.05) is 20.8 Å². The molecule has 1 aliphatic heterocycles. The number of methoxy groups -OCH3 is 2. The van der Waals surface area contributed by atoms with Crippen LogP contribution in [0.4, 0.5) is 0 Å². The van der Waals surface area contributed by atoms with Crippen LogP contribution in [0.1, 0.15) is 40.8 Å². The van der Waals surface area contributed by atoms with Crippen LogP contribution in [-0.2, 0) is 19.4 Å². The Balaban J connectivity index is 1.76. The molecular formula is C26H28ClNO2. The van der Waals surface area contributed by atoms with Crippen LogP contribution in [0.5, 0.6) is 11.5 Å². The van der Waals surface area contributed by atoms with Crippen molar-refractivity contribution in [3.63, 3.8) is 0 Å². The van der Waals surface area contributed by atoms with E-state index >= 15 is 0 Å². The molecule has 0 aromatic heterocycles. The quantitative estimate of drug-likeness (QED) is 0.482. The Hall–Kier alpha value is -2.49. The molecule has 0 bridgehead atoms. The van der Waals surface area contributed by atoms with Gasteiger partial charge in [-0.2, -0.15) is 0 Å². The predicted molar refractivity (Wildman–Crippen MR) is 123 cm³/mol. The molecule has 0 fully saturated rings. The van der Waals surface area contributed by atoms with Gasteiger partial charge in [-0.15, -0.1) is 0 Å². The molecule has 156 valence electrons. The topological polar surface area (TPSA) is 21.7 Å². The van der Waals surface area contributed by atoms with Crippen molar-refractivity contribution in [2.24, 2.45) is 0 Å². The van der Waals surface area contributed by atoms with Gasteiger partial charge in [0.25, 0.3) is 0 Å². The zero-order valence-electron chi connectivity index (χ0n) is 17.8. The molecule has 1 aliphatic rings. The second-order valence-electron chi connectivity index (χ2n) is 7.75. The zero-order chi connectivity index (χ0) is 21.1. The van der Waals surface area contributed by atoms with Crippen LogP contribution in [-0.4, -0.2) is 25.7 Å². The van der Waals surface area contributed by atoms with Gasteiger partial charge in [0.05, 0.1) is 20.3 Å². The molecule has 0 aliphatic carbocycles. The SMILES string of the molecule is CCc1ccc(CN2CCc3cc(OC)c(OC)cc3C2c2cccc(Cl)c2)cc1. The number of fused-ring (bicyclic) bond motifs is 1. The highest BCUT2D eigenvalue weighted by Gasteiger charge is 2.30. The lowest BCUT2D eigenvalue weighted by Gasteiger charge is -2.38. The summed E-state index contributed by atoms with van der Waals surface area (Å²) in [5, 5.41) is 0.757. The number of halogens is 1. The van der Waals surface area contributed by atoms with E-state index in [9.17, 15) is 0 Å². The first kappa shape index (κ1) is 20.8. The molecule has 3 aromatic carbocycles. The monoisotopic (exact) mass is 421 g/mol. The number of ether oxygens (including phenoxy) is 2. The Morgan fingerprint density at radius 1 is 0.933 bits per heavy atom. The van der Waals surface area contributed by atoms with Crippen LogP contribution in [0, 0.1) is 0 Å². The van der Waals surface area contributed by atoms with Crippen molar-refractivity contribution in [1.82, 2.24) is 4.90 Å². The molecule has 0 saturated carbocycles. The molecule has 4 rings (SSSR count). The third-order valence-electron chi connectivity index (χ3n) is 5.95. The van der Waals surface area contributed by atoms with Gasteiger partial charge in [-0.05, 0) is 64.9 Å². The molecule has 3 aromatic rings. The lowest BCUT2D eigenvalue weighted by atomic mass is 9.87. The maximum absolute atomic E-state index is 6.38. The Labute approximate surface area is 184 Å². The van der Waals surface area contributed by atoms with Gasteiger partial charge in [-0.3, -0.25) is 4.90 Å². The number of rotatable bonds is 6. The molecule has 0 amide bonds. The summed E-state index contributed by atoms with van der Waals surface area (Å²) in [6.45, 7) is 4.04. The Bertz CT molecular complexity index is 1020. The minimum absolute atomic E-state index is 0.109. The number of nitrogens with zero attached hydrogens (tertiary/aromatic N) is 1. The molecule has 1 unspecified atom stereocenters. The summed E-state index contributed by atoms with van der Waals surface area (Å²) in [4.78, 5) is 2.53. The van der Waals surface area contributed by atoms with Crippen LogP contribution in [0.25, 0.3) is 0 Å². The highest BCUT2D eigenvalue weighted by Crippen LogP contribution is 2.41. The van der Waals surface area contributed by atoms with E-state index in [4.69, 9.17) is 21.1 Å². The summed E-state index contributed by atoms with van der Waals surface area (Å²) in [6, 6.07) is 21.5. The van der Waals surface area contributed by atoms with Crippen molar-refractivity contribution in [2.45, 2.75) is 32.4 Å². The Morgan fingerprint density at radius 2 is 1.63 bits per heavy atom. The second kappa shape index (κ2) is 9.11. The van der Waals surface area contributed by atoms with Gasteiger partial charge in [0.15, 0.2) is 11.5 Å². The van der Waals surface area contributed by atoms with Crippen molar-refractivity contribution in [1.29, 1.82) is 0 Å². The fraction of sp³-hybridized carbons (Fsp3) is 0.308. The standard InChI is InChI=1S/C26H28ClNO2/c1-4-18-8-10-19(11-9-18)17-28-13-12-20-15-24(29-2)25(30-3)16-23(20)26(28)21-6-5-7-22(27)14-21/h5-11,14-16,26H,4,12-13,17H2,1-3H3. The van der Waals surface area contributed by atoms with Crippen LogP contribution < -0.4 is 9.47 Å². The number of hydrogen-bond acceptors (Lipinski definition) is 3. The minimum Gasteiger partial charge on any atom is -0.493 e. The fourth-order valence-corrected chi connectivity index (χ4v) is 4.55. The van der Waals surface area contributed by atoms with E-state index in [2.05, 4.69) is 60.4 Å². The van der Waals surface area contributed by atoms with Crippen LogP contribution >= 0.6 is 11.6 Å². The summed E-state index contributed by atoms with van der Waals surface area (Å²) >= 11 is 6.38. The number of hydrogen-bond donors (Lipinski definition) is 0. The smallest absolute Gasteiger partial charge is 0.161 e. The lowest BCUT2D eigenvalue weighted by molar-refractivity contribution is 0.203. The number of aryl methyl sites for hydroxylation is 1. The van der Waals surface area contributed by atoms with E-state index < -0.39 is 0 Å². The lowest BCUT2D eigenvalue weighted by Crippen LogP contribution is -2.35. The molecule has 0 radical (unpaired) electrons. The highest BCUT2D eigenvalue weighted by molar-refractivity contribution is 6.30. The molecule has 3 nitrogen and oxygen atoms in total. The van der Waals surface area contributed by atoms with E-state index in [1.165, 1.54) is 27.8 Å². The molecule has 0 N–H and O–H groups in total. The normalized spacial score (nSPS) is 16.2. The van der Waals surface area contributed by atoms with Crippen LogP contribution in [0.3, 0.4) is 0 Å². The van der Waals surface area contributed by atoms with E-state index in [0.29, 0.717) is 0 Å². The number of benzene rings is 3. The van der Waals surface area contributed by atoms with Gasteiger partial charge in [-0.1, -0.05) is 54.9 Å². The highest BCUT2D eigenvalue weighted by atomic mass is 35.5. The first-order valence-corrected chi connectivity index (χ1v) is 10.8. The summed E-state index contributed by atoms with van der Waals surface area (Å²) < 4.78 is 11.2. The third kappa shape index (κ3) is 4.19. The van der Waals surface area contributed by atoms with Crippen LogP contribution in [0.2, 0.25) is 5.02 Å². The summed E-state index contributed by atoms with van der Waals surface area (Å²) in [5.74, 6) is 1.54. The average Bonchev–Trinajstić information content (AvgIpc) is 2.78. The Kier molecular flexibility index (Phi) is 6.31. The van der Waals surface area contributed by atoms with Gasteiger partial charge < -0.3 is 9.47 Å². The Morgan fingerprint density at radius 3 is 2.30 bits per heavy atom. The van der Waals surface area contributed by atoms with Crippen molar-refractivity contribution in [3.05, 3.63) is 93.5 Å². The molecule has 1 heterocycles. The predicted octanol–water partition coefficient (Wildman–Crippen LogP) is 6.07. The van der Waals surface area contributed by atoms with E-state index in [1.54, 1.807) is 14.2 Å². The second-order valence-corrected chi connectivity index (χ2v) is 8.19. The molecule has 0 saturated heterocycles.